The zero-order valence-corrected chi connectivity index (χ0v) is 15.8. The van der Waals surface area contributed by atoms with Crippen LogP contribution in [0.5, 0.6) is 0 Å². The number of thiazole rings is 1. The van der Waals surface area contributed by atoms with E-state index < -0.39 is 0 Å². The minimum Gasteiger partial charge on any atom is -0.285 e. The number of thioether (sulfide) groups is 1. The molecule has 0 saturated carbocycles. The number of benzene rings is 1. The number of carbonyl (C=O) groups excluding carboxylic acids is 1. The summed E-state index contributed by atoms with van der Waals surface area (Å²) in [5.74, 6) is 0.935. The van der Waals surface area contributed by atoms with E-state index >= 15 is 0 Å². The van der Waals surface area contributed by atoms with Gasteiger partial charge in [0.1, 0.15) is 0 Å². The molecule has 1 amide bonds. The van der Waals surface area contributed by atoms with Gasteiger partial charge in [0.05, 0.1) is 29.2 Å². The Kier molecular flexibility index (Phi) is 5.06. The Morgan fingerprint density at radius 3 is 2.75 bits per heavy atom. The number of amides is 1. The average Bonchev–Trinajstić information content (AvgIpc) is 3.08. The van der Waals surface area contributed by atoms with Crippen molar-refractivity contribution in [2.45, 2.75) is 39.3 Å². The van der Waals surface area contributed by atoms with Crippen LogP contribution in [0.3, 0.4) is 0 Å². The molecule has 2 aromatic rings. The molecule has 2 heterocycles. The molecule has 1 aromatic carbocycles. The van der Waals surface area contributed by atoms with Crippen LogP contribution in [-0.2, 0) is 17.8 Å². The molecule has 1 saturated heterocycles. The second-order valence-electron chi connectivity index (χ2n) is 6.45. The van der Waals surface area contributed by atoms with Crippen LogP contribution >= 0.6 is 23.1 Å². The Bertz CT molecular complexity index is 753. The third-order valence-corrected chi connectivity index (χ3v) is 6.08. The lowest BCUT2D eigenvalue weighted by Gasteiger charge is -2.30. The summed E-state index contributed by atoms with van der Waals surface area (Å²) in [5, 5.41) is 3.77. The maximum Gasteiger partial charge on any atom is 0.235 e. The number of aromatic nitrogens is 1. The second-order valence-corrected chi connectivity index (χ2v) is 8.45. The molecule has 6 heteroatoms. The fraction of sp³-hybridized carbons (Fsp3) is 0.389. The topological polar surface area (TPSA) is 45.6 Å². The molecule has 1 aromatic heterocycles. The van der Waals surface area contributed by atoms with Crippen molar-refractivity contribution in [1.29, 1.82) is 0 Å². The minimum atomic E-state index is -0.220. The van der Waals surface area contributed by atoms with E-state index in [2.05, 4.69) is 31.0 Å². The fourth-order valence-corrected chi connectivity index (χ4v) is 4.51. The van der Waals surface area contributed by atoms with Crippen LogP contribution in [-0.4, -0.2) is 32.3 Å². The molecular weight excluding hydrogens is 338 g/mol. The van der Waals surface area contributed by atoms with Crippen molar-refractivity contribution in [3.63, 3.8) is 0 Å². The van der Waals surface area contributed by atoms with Crippen molar-refractivity contribution >= 4 is 34.2 Å². The first-order chi connectivity index (χ1) is 11.5. The highest BCUT2D eigenvalue weighted by molar-refractivity contribution is 8.14. The molecule has 1 aliphatic rings. The highest BCUT2D eigenvalue weighted by Crippen LogP contribution is 2.33. The molecule has 0 N–H and O–H groups in total. The second kappa shape index (κ2) is 7.07. The first-order valence-corrected chi connectivity index (χ1v) is 9.77. The number of aryl methyl sites for hydroxylation is 1. The molecule has 4 nitrogen and oxygen atoms in total. The molecule has 3 rings (SSSR count). The number of nitrogens with zero attached hydrogens (tertiary/aromatic N) is 3. The Morgan fingerprint density at radius 1 is 1.33 bits per heavy atom. The van der Waals surface area contributed by atoms with Crippen molar-refractivity contribution in [2.75, 3.05) is 5.75 Å². The molecule has 0 bridgehead atoms. The van der Waals surface area contributed by atoms with Crippen molar-refractivity contribution in [3.05, 3.63) is 52.0 Å². The third-order valence-electron chi connectivity index (χ3n) is 3.84. The smallest absolute Gasteiger partial charge is 0.235 e. The van der Waals surface area contributed by atoms with Gasteiger partial charge in [-0.2, -0.15) is 0 Å². The summed E-state index contributed by atoms with van der Waals surface area (Å²) in [5.41, 5.74) is 1.78. The van der Waals surface area contributed by atoms with E-state index in [-0.39, 0.29) is 11.4 Å². The molecule has 0 spiro atoms. The van der Waals surface area contributed by atoms with Crippen LogP contribution in [0.25, 0.3) is 0 Å². The Balaban J connectivity index is 1.77. The van der Waals surface area contributed by atoms with Crippen LogP contribution in [0.4, 0.5) is 0 Å². The standard InChI is InChI=1S/C18H21N3OS2/c1-13-20-15(11-23-13)9-16(22)21-17(24-12-18(21,2)3)19-10-14-7-5-4-6-8-14/h4-8,11H,9-10,12H2,1-3H3. The minimum absolute atomic E-state index is 0.0714. The lowest BCUT2D eigenvalue weighted by atomic mass is 10.1. The SMILES string of the molecule is Cc1nc(CC(=O)N2C(=NCc3ccccc3)SCC2(C)C)cs1. The van der Waals surface area contributed by atoms with Gasteiger partial charge < -0.3 is 0 Å². The summed E-state index contributed by atoms with van der Waals surface area (Å²) in [6, 6.07) is 10.1. The first kappa shape index (κ1) is 17.2. The van der Waals surface area contributed by atoms with E-state index in [0.717, 1.165) is 27.2 Å². The highest BCUT2D eigenvalue weighted by atomic mass is 32.2. The van der Waals surface area contributed by atoms with Gasteiger partial charge in [-0.15, -0.1) is 11.3 Å². The maximum atomic E-state index is 12.9. The van der Waals surface area contributed by atoms with Gasteiger partial charge in [0.15, 0.2) is 5.17 Å². The number of hydrogen-bond donors (Lipinski definition) is 0. The van der Waals surface area contributed by atoms with Gasteiger partial charge in [0, 0.05) is 11.1 Å². The van der Waals surface area contributed by atoms with Gasteiger partial charge in [-0.25, -0.2) is 4.98 Å². The van der Waals surface area contributed by atoms with Gasteiger partial charge in [-0.1, -0.05) is 42.1 Å². The quantitative estimate of drug-likeness (QED) is 0.831. The molecule has 126 valence electrons. The lowest BCUT2D eigenvalue weighted by Crippen LogP contribution is -2.47. The van der Waals surface area contributed by atoms with Crippen LogP contribution in [0.1, 0.15) is 30.1 Å². The zero-order valence-electron chi connectivity index (χ0n) is 14.2. The highest BCUT2D eigenvalue weighted by Gasteiger charge is 2.41. The summed E-state index contributed by atoms with van der Waals surface area (Å²) in [7, 11) is 0. The monoisotopic (exact) mass is 359 g/mol. The average molecular weight is 360 g/mol. The number of carbonyl (C=O) groups is 1. The molecule has 1 aliphatic heterocycles. The Morgan fingerprint density at radius 2 is 2.08 bits per heavy atom. The lowest BCUT2D eigenvalue weighted by molar-refractivity contribution is -0.129. The number of rotatable bonds is 4. The molecule has 24 heavy (non-hydrogen) atoms. The van der Waals surface area contributed by atoms with Crippen LogP contribution < -0.4 is 0 Å². The van der Waals surface area contributed by atoms with Crippen LogP contribution in [0.15, 0.2) is 40.7 Å². The summed E-state index contributed by atoms with van der Waals surface area (Å²) in [6.07, 6.45) is 0.332. The van der Waals surface area contributed by atoms with E-state index in [1.54, 1.807) is 23.1 Å². The van der Waals surface area contributed by atoms with Gasteiger partial charge in [-0.05, 0) is 26.3 Å². The van der Waals surface area contributed by atoms with E-state index in [0.29, 0.717) is 13.0 Å². The molecule has 0 aliphatic carbocycles. The van der Waals surface area contributed by atoms with Gasteiger partial charge in [0.25, 0.3) is 0 Å². The normalized spacial score (nSPS) is 18.3. The van der Waals surface area contributed by atoms with Gasteiger partial charge >= 0.3 is 0 Å². The zero-order chi connectivity index (χ0) is 17.2. The number of hydrogen-bond acceptors (Lipinski definition) is 5. The summed E-state index contributed by atoms with van der Waals surface area (Å²) in [6.45, 7) is 6.74. The van der Waals surface area contributed by atoms with Crippen LogP contribution in [0, 0.1) is 6.92 Å². The van der Waals surface area contributed by atoms with Gasteiger partial charge in [-0.3, -0.25) is 14.7 Å². The van der Waals surface area contributed by atoms with E-state index in [9.17, 15) is 4.79 Å². The predicted molar refractivity (Wildman–Crippen MR) is 102 cm³/mol. The van der Waals surface area contributed by atoms with Crippen molar-refractivity contribution in [2.24, 2.45) is 4.99 Å². The summed E-state index contributed by atoms with van der Waals surface area (Å²) in [4.78, 5) is 23.8. The van der Waals surface area contributed by atoms with Crippen molar-refractivity contribution < 1.29 is 4.79 Å². The molecular formula is C18H21N3OS2. The van der Waals surface area contributed by atoms with Crippen molar-refractivity contribution in [3.8, 4) is 0 Å². The Labute approximate surface area is 151 Å². The van der Waals surface area contributed by atoms with E-state index in [1.165, 1.54) is 0 Å². The number of aliphatic imine (C=N–C) groups is 1. The van der Waals surface area contributed by atoms with E-state index in [4.69, 9.17) is 4.99 Å². The third kappa shape index (κ3) is 3.87. The first-order valence-electron chi connectivity index (χ1n) is 7.91. The predicted octanol–water partition coefficient (Wildman–Crippen LogP) is 3.90. The molecule has 0 radical (unpaired) electrons. The van der Waals surface area contributed by atoms with Crippen molar-refractivity contribution in [1.82, 2.24) is 9.88 Å². The number of amidine groups is 1. The molecule has 1 fully saturated rings. The summed E-state index contributed by atoms with van der Waals surface area (Å²) >= 11 is 3.24. The Hall–Kier alpha value is -1.66. The largest absolute Gasteiger partial charge is 0.285 e. The molecule has 0 unspecified atom stereocenters. The van der Waals surface area contributed by atoms with Crippen LogP contribution in [0.2, 0.25) is 0 Å². The fourth-order valence-electron chi connectivity index (χ4n) is 2.66. The van der Waals surface area contributed by atoms with Gasteiger partial charge in [0.2, 0.25) is 5.91 Å². The molecule has 0 atom stereocenters. The van der Waals surface area contributed by atoms with E-state index in [1.807, 2.05) is 35.4 Å². The summed E-state index contributed by atoms with van der Waals surface area (Å²) < 4.78 is 0. The maximum absolute atomic E-state index is 12.9.